The van der Waals surface area contributed by atoms with Crippen LogP contribution in [0.25, 0.3) is 0 Å². The van der Waals surface area contributed by atoms with Crippen LogP contribution >= 0.6 is 0 Å². The second kappa shape index (κ2) is 9.09. The summed E-state index contributed by atoms with van der Waals surface area (Å²) in [5, 5.41) is 3.05. The van der Waals surface area contributed by atoms with Crippen molar-refractivity contribution in [2.24, 2.45) is 0 Å². The van der Waals surface area contributed by atoms with Gasteiger partial charge in [-0.15, -0.1) is 0 Å². The number of benzene rings is 2. The molecule has 1 N–H and O–H groups in total. The van der Waals surface area contributed by atoms with Crippen molar-refractivity contribution in [1.82, 2.24) is 10.2 Å². The zero-order valence-electron chi connectivity index (χ0n) is 17.4. The summed E-state index contributed by atoms with van der Waals surface area (Å²) in [5.41, 5.74) is 4.08. The van der Waals surface area contributed by atoms with Crippen LogP contribution in [0.3, 0.4) is 0 Å². The van der Waals surface area contributed by atoms with Crippen molar-refractivity contribution in [3.63, 3.8) is 0 Å². The van der Waals surface area contributed by atoms with Crippen molar-refractivity contribution in [3.8, 4) is 5.75 Å². The molecule has 2 aromatic rings. The molecule has 3 rings (SSSR count). The molecule has 1 saturated heterocycles. The highest BCUT2D eigenvalue weighted by atomic mass is 16.5. The summed E-state index contributed by atoms with van der Waals surface area (Å²) in [6, 6.07) is 12.8. The van der Waals surface area contributed by atoms with E-state index in [0.717, 1.165) is 0 Å². The van der Waals surface area contributed by atoms with Crippen LogP contribution in [-0.4, -0.2) is 49.6 Å². The molecule has 0 saturated carbocycles. The first kappa shape index (κ1) is 20.9. The van der Waals surface area contributed by atoms with Crippen molar-refractivity contribution in [1.29, 1.82) is 0 Å². The molecule has 1 aliphatic heterocycles. The average molecular weight is 396 g/mol. The van der Waals surface area contributed by atoms with Gasteiger partial charge < -0.3 is 14.8 Å². The molecule has 0 aliphatic carbocycles. The number of nitrogens with one attached hydrogen (secondary N) is 1. The minimum atomic E-state index is -0.379. The van der Waals surface area contributed by atoms with Gasteiger partial charge in [0, 0.05) is 24.7 Å². The van der Waals surface area contributed by atoms with E-state index in [1.54, 1.807) is 31.4 Å². The van der Waals surface area contributed by atoms with Crippen molar-refractivity contribution < 1.29 is 19.1 Å². The molecule has 1 heterocycles. The number of hydrogen-bond donors (Lipinski definition) is 1. The Morgan fingerprint density at radius 2 is 1.93 bits per heavy atom. The first-order valence-electron chi connectivity index (χ1n) is 9.74. The second-order valence-electron chi connectivity index (χ2n) is 7.54. The molecule has 0 unspecified atom stereocenters. The number of nitrogens with zero attached hydrogens (tertiary/aromatic N) is 1. The van der Waals surface area contributed by atoms with Gasteiger partial charge in [-0.05, 0) is 49.6 Å². The largest absolute Gasteiger partial charge is 0.497 e. The summed E-state index contributed by atoms with van der Waals surface area (Å²) >= 11 is 0. The first-order chi connectivity index (χ1) is 13.9. The van der Waals surface area contributed by atoms with E-state index in [1.807, 2.05) is 0 Å². The number of carbonyl (C=O) groups is 2. The van der Waals surface area contributed by atoms with E-state index in [4.69, 9.17) is 9.47 Å². The molecular formula is C23H28N2O4. The molecule has 0 aromatic heterocycles. The van der Waals surface area contributed by atoms with Gasteiger partial charge in [-0.2, -0.15) is 0 Å². The third-order valence-electron chi connectivity index (χ3n) is 5.42. The van der Waals surface area contributed by atoms with Crippen LogP contribution in [0.5, 0.6) is 5.75 Å². The Balaban J connectivity index is 1.73. The third kappa shape index (κ3) is 4.95. The molecule has 29 heavy (non-hydrogen) atoms. The fourth-order valence-corrected chi connectivity index (χ4v) is 3.79. The van der Waals surface area contributed by atoms with Gasteiger partial charge >= 0.3 is 5.97 Å². The normalized spacial score (nSPS) is 19.0. The highest BCUT2D eigenvalue weighted by molar-refractivity contribution is 5.94. The monoisotopic (exact) mass is 396 g/mol. The van der Waals surface area contributed by atoms with Crippen molar-refractivity contribution in [2.75, 3.05) is 20.8 Å². The quantitative estimate of drug-likeness (QED) is 0.761. The molecule has 1 aliphatic rings. The minimum Gasteiger partial charge on any atom is -0.497 e. The van der Waals surface area contributed by atoms with Crippen LogP contribution < -0.4 is 10.1 Å². The van der Waals surface area contributed by atoms with Crippen LogP contribution in [-0.2, 0) is 16.1 Å². The lowest BCUT2D eigenvalue weighted by molar-refractivity contribution is -0.146. The van der Waals surface area contributed by atoms with E-state index >= 15 is 0 Å². The number of hydrogen-bond acceptors (Lipinski definition) is 5. The predicted octanol–water partition coefficient (Wildman–Crippen LogP) is 2.86. The molecule has 1 amide bonds. The van der Waals surface area contributed by atoms with Crippen LogP contribution in [0.1, 0.15) is 33.5 Å². The molecule has 0 bridgehead atoms. The maximum absolute atomic E-state index is 12.7. The van der Waals surface area contributed by atoms with Crippen molar-refractivity contribution in [2.45, 2.75) is 38.9 Å². The van der Waals surface area contributed by atoms with E-state index in [2.05, 4.69) is 42.3 Å². The number of ether oxygens (including phenoxy) is 2. The average Bonchev–Trinajstić information content (AvgIpc) is 3.12. The van der Waals surface area contributed by atoms with Gasteiger partial charge in [0.25, 0.3) is 5.91 Å². The van der Waals surface area contributed by atoms with Gasteiger partial charge in [0.05, 0.1) is 14.2 Å². The number of carbonyl (C=O) groups excluding carboxylic acids is 2. The number of aryl methyl sites for hydroxylation is 2. The van der Waals surface area contributed by atoms with E-state index in [9.17, 15) is 9.59 Å². The number of rotatable bonds is 6. The fraction of sp³-hybridized carbons (Fsp3) is 0.391. The van der Waals surface area contributed by atoms with Crippen LogP contribution in [0.2, 0.25) is 0 Å². The Labute approximate surface area is 171 Å². The van der Waals surface area contributed by atoms with E-state index in [-0.39, 0.29) is 24.0 Å². The highest BCUT2D eigenvalue weighted by Gasteiger charge is 2.38. The topological polar surface area (TPSA) is 67.9 Å². The molecule has 0 spiro atoms. The lowest BCUT2D eigenvalue weighted by Gasteiger charge is -2.23. The van der Waals surface area contributed by atoms with Gasteiger partial charge in [-0.3, -0.25) is 14.5 Å². The van der Waals surface area contributed by atoms with Gasteiger partial charge in [-0.25, -0.2) is 0 Å². The van der Waals surface area contributed by atoms with Crippen molar-refractivity contribution >= 4 is 11.9 Å². The predicted molar refractivity (Wildman–Crippen MR) is 111 cm³/mol. The molecule has 6 heteroatoms. The molecule has 154 valence electrons. The molecular weight excluding hydrogens is 368 g/mol. The Hall–Kier alpha value is -2.86. The van der Waals surface area contributed by atoms with Crippen LogP contribution in [0.4, 0.5) is 0 Å². The Morgan fingerprint density at radius 3 is 2.66 bits per heavy atom. The van der Waals surface area contributed by atoms with Crippen LogP contribution in [0.15, 0.2) is 42.5 Å². The Kier molecular flexibility index (Phi) is 6.54. The van der Waals surface area contributed by atoms with Crippen molar-refractivity contribution in [3.05, 3.63) is 64.7 Å². The van der Waals surface area contributed by atoms with Crippen LogP contribution in [0, 0.1) is 13.8 Å². The fourth-order valence-electron chi connectivity index (χ4n) is 3.79. The SMILES string of the molecule is COC(=O)[C@@H]1C[C@H](NC(=O)c2cccc(OC)c2)CN1Cc1cc(C)ccc1C. The summed E-state index contributed by atoms with van der Waals surface area (Å²) in [7, 11) is 2.97. The van der Waals surface area contributed by atoms with Gasteiger partial charge in [-0.1, -0.05) is 29.8 Å². The maximum Gasteiger partial charge on any atom is 0.323 e. The Bertz CT molecular complexity index is 896. The lowest BCUT2D eigenvalue weighted by Crippen LogP contribution is -2.37. The standard InChI is InChI=1S/C23H28N2O4/c1-15-8-9-16(2)18(10-15)13-25-14-19(12-21(25)23(27)29-4)24-22(26)17-6-5-7-20(11-17)28-3/h5-11,19,21H,12-14H2,1-4H3,(H,24,26)/t19-,21-/m0/s1. The molecule has 2 atom stereocenters. The Morgan fingerprint density at radius 1 is 1.14 bits per heavy atom. The van der Waals surface area contributed by atoms with Gasteiger partial charge in [0.15, 0.2) is 0 Å². The zero-order chi connectivity index (χ0) is 21.0. The van der Waals surface area contributed by atoms with Gasteiger partial charge in [0.2, 0.25) is 0 Å². The third-order valence-corrected chi connectivity index (χ3v) is 5.42. The zero-order valence-corrected chi connectivity index (χ0v) is 17.4. The van der Waals surface area contributed by atoms with E-state index in [1.165, 1.54) is 23.8 Å². The number of methoxy groups -OCH3 is 2. The molecule has 2 aromatic carbocycles. The number of likely N-dealkylation sites (tertiary alicyclic amines) is 1. The molecule has 1 fully saturated rings. The summed E-state index contributed by atoms with van der Waals surface area (Å²) in [6.45, 7) is 5.35. The summed E-state index contributed by atoms with van der Waals surface area (Å²) in [6.07, 6.45) is 0.521. The summed E-state index contributed by atoms with van der Waals surface area (Å²) in [5.74, 6) is 0.188. The lowest BCUT2D eigenvalue weighted by atomic mass is 10.0. The minimum absolute atomic E-state index is 0.136. The summed E-state index contributed by atoms with van der Waals surface area (Å²) in [4.78, 5) is 27.1. The van der Waals surface area contributed by atoms with E-state index < -0.39 is 0 Å². The highest BCUT2D eigenvalue weighted by Crippen LogP contribution is 2.24. The van der Waals surface area contributed by atoms with Gasteiger partial charge in [0.1, 0.15) is 11.8 Å². The first-order valence-corrected chi connectivity index (χ1v) is 9.74. The maximum atomic E-state index is 12.7. The smallest absolute Gasteiger partial charge is 0.323 e. The molecule has 0 radical (unpaired) electrons. The summed E-state index contributed by atoms with van der Waals surface area (Å²) < 4.78 is 10.2. The number of amides is 1. The molecule has 6 nitrogen and oxygen atoms in total. The van der Waals surface area contributed by atoms with E-state index in [0.29, 0.717) is 30.8 Å². The second-order valence-corrected chi connectivity index (χ2v) is 7.54. The number of esters is 1.